The molecule has 0 fully saturated rings. The van der Waals surface area contributed by atoms with Gasteiger partial charge in [-0.05, 0) is 24.6 Å². The second-order valence-electron chi connectivity index (χ2n) is 5.69. The molecule has 2 nitrogen and oxygen atoms in total. The van der Waals surface area contributed by atoms with E-state index in [1.54, 1.807) is 11.3 Å². The van der Waals surface area contributed by atoms with Gasteiger partial charge in [0.25, 0.3) is 0 Å². The molecule has 0 spiro atoms. The summed E-state index contributed by atoms with van der Waals surface area (Å²) in [6.45, 7) is 2.13. The topological polar surface area (TPSA) is 17.3 Å². The van der Waals surface area contributed by atoms with E-state index in [1.165, 1.54) is 16.0 Å². The number of fused-ring (bicyclic) bond motifs is 1. The average molecular weight is 339 g/mol. The van der Waals surface area contributed by atoms with Crippen molar-refractivity contribution in [2.24, 2.45) is 0 Å². The molecule has 0 N–H and O–H groups in total. The predicted molar refractivity (Wildman–Crippen MR) is 97.5 cm³/mol. The number of aryl methyl sites for hydroxylation is 1. The van der Waals surface area contributed by atoms with Crippen LogP contribution in [0.15, 0.2) is 60.9 Å². The van der Waals surface area contributed by atoms with Crippen LogP contribution >= 0.6 is 22.9 Å². The highest BCUT2D eigenvalue weighted by atomic mass is 35.5. The molecule has 0 aliphatic rings. The SMILES string of the molecule is Cc1cccc(Cc2cn3cc(-c4ccc(Cl)cc4)nc3s2)c1. The summed E-state index contributed by atoms with van der Waals surface area (Å²) < 4.78 is 2.11. The van der Waals surface area contributed by atoms with E-state index in [9.17, 15) is 0 Å². The Morgan fingerprint density at radius 2 is 1.91 bits per heavy atom. The lowest BCUT2D eigenvalue weighted by atomic mass is 10.1. The van der Waals surface area contributed by atoms with Gasteiger partial charge >= 0.3 is 0 Å². The van der Waals surface area contributed by atoms with Crippen LogP contribution in [0.5, 0.6) is 0 Å². The highest BCUT2D eigenvalue weighted by Gasteiger charge is 2.09. The first-order chi connectivity index (χ1) is 11.2. The minimum atomic E-state index is 0.746. The fraction of sp³-hybridized carbons (Fsp3) is 0.105. The van der Waals surface area contributed by atoms with E-state index in [0.29, 0.717) is 0 Å². The molecule has 114 valence electrons. The maximum Gasteiger partial charge on any atom is 0.194 e. The smallest absolute Gasteiger partial charge is 0.194 e. The van der Waals surface area contributed by atoms with Gasteiger partial charge in [0.2, 0.25) is 0 Å². The number of nitrogens with zero attached hydrogens (tertiary/aromatic N) is 2. The lowest BCUT2D eigenvalue weighted by Gasteiger charge is -1.99. The molecule has 23 heavy (non-hydrogen) atoms. The highest BCUT2D eigenvalue weighted by Crippen LogP contribution is 2.26. The second-order valence-corrected chi connectivity index (χ2v) is 7.22. The van der Waals surface area contributed by atoms with E-state index in [4.69, 9.17) is 16.6 Å². The summed E-state index contributed by atoms with van der Waals surface area (Å²) in [5, 5.41) is 0.746. The Morgan fingerprint density at radius 3 is 2.65 bits per heavy atom. The second kappa shape index (κ2) is 5.84. The van der Waals surface area contributed by atoms with Crippen LogP contribution in [0.25, 0.3) is 16.2 Å². The van der Waals surface area contributed by atoms with E-state index in [0.717, 1.165) is 27.7 Å². The molecule has 0 bridgehead atoms. The van der Waals surface area contributed by atoms with Gasteiger partial charge in [-0.15, -0.1) is 11.3 Å². The third-order valence-electron chi connectivity index (χ3n) is 3.80. The fourth-order valence-corrected chi connectivity index (χ4v) is 3.83. The average Bonchev–Trinajstić information content (AvgIpc) is 3.06. The van der Waals surface area contributed by atoms with E-state index in [1.807, 2.05) is 24.3 Å². The van der Waals surface area contributed by atoms with Crippen LogP contribution in [0.3, 0.4) is 0 Å². The van der Waals surface area contributed by atoms with Crippen LogP contribution in [0, 0.1) is 6.92 Å². The Kier molecular flexibility index (Phi) is 3.68. The molecule has 2 heterocycles. The largest absolute Gasteiger partial charge is 0.297 e. The lowest BCUT2D eigenvalue weighted by Crippen LogP contribution is -1.85. The number of aromatic nitrogens is 2. The third kappa shape index (κ3) is 3.03. The lowest BCUT2D eigenvalue weighted by molar-refractivity contribution is 1.16. The minimum Gasteiger partial charge on any atom is -0.297 e. The maximum absolute atomic E-state index is 5.94. The van der Waals surface area contributed by atoms with Gasteiger partial charge < -0.3 is 0 Å². The van der Waals surface area contributed by atoms with Gasteiger partial charge in [0.05, 0.1) is 5.69 Å². The molecule has 0 radical (unpaired) electrons. The summed E-state index contributed by atoms with van der Waals surface area (Å²) in [4.78, 5) is 7.08. The first-order valence-electron chi connectivity index (χ1n) is 7.46. The van der Waals surface area contributed by atoms with Gasteiger partial charge in [0, 0.05) is 34.3 Å². The summed E-state index contributed by atoms with van der Waals surface area (Å²) in [6.07, 6.45) is 5.20. The zero-order valence-corrected chi connectivity index (χ0v) is 14.2. The highest BCUT2D eigenvalue weighted by molar-refractivity contribution is 7.17. The molecule has 0 saturated carbocycles. The molecule has 0 aliphatic carbocycles. The van der Waals surface area contributed by atoms with E-state index < -0.39 is 0 Å². The fourth-order valence-electron chi connectivity index (χ4n) is 2.71. The van der Waals surface area contributed by atoms with Crippen molar-refractivity contribution in [2.45, 2.75) is 13.3 Å². The number of halogens is 1. The minimum absolute atomic E-state index is 0.746. The van der Waals surface area contributed by atoms with Gasteiger partial charge in [-0.3, -0.25) is 4.40 Å². The van der Waals surface area contributed by atoms with Crippen molar-refractivity contribution in [1.82, 2.24) is 9.38 Å². The zero-order chi connectivity index (χ0) is 15.8. The summed E-state index contributed by atoms with van der Waals surface area (Å²) in [7, 11) is 0. The molecule has 4 rings (SSSR count). The van der Waals surface area contributed by atoms with Gasteiger partial charge in [0.1, 0.15) is 0 Å². The van der Waals surface area contributed by atoms with Gasteiger partial charge in [-0.1, -0.05) is 53.6 Å². The monoisotopic (exact) mass is 338 g/mol. The molecule has 0 unspecified atom stereocenters. The Labute approximate surface area is 144 Å². The van der Waals surface area contributed by atoms with Crippen molar-refractivity contribution in [3.05, 3.63) is 82.0 Å². The number of hydrogen-bond acceptors (Lipinski definition) is 2. The number of rotatable bonds is 3. The molecular formula is C19H15ClN2S. The molecule has 4 aromatic rings. The van der Waals surface area contributed by atoms with Crippen LogP contribution in [0.2, 0.25) is 5.02 Å². The molecular weight excluding hydrogens is 324 g/mol. The van der Waals surface area contributed by atoms with E-state index in [2.05, 4.69) is 48.0 Å². The predicted octanol–water partition coefficient (Wildman–Crippen LogP) is 5.62. The number of imidazole rings is 1. The van der Waals surface area contributed by atoms with E-state index in [-0.39, 0.29) is 0 Å². The van der Waals surface area contributed by atoms with Gasteiger partial charge in [-0.2, -0.15) is 0 Å². The zero-order valence-electron chi connectivity index (χ0n) is 12.7. The standard InChI is InChI=1S/C19H15ClN2S/c1-13-3-2-4-14(9-13)10-17-11-22-12-18(21-19(22)23-17)15-5-7-16(20)8-6-15/h2-9,11-12H,10H2,1H3. The molecule has 4 heteroatoms. The Hall–Kier alpha value is -2.10. The molecule has 0 amide bonds. The van der Waals surface area contributed by atoms with Crippen LogP contribution in [-0.2, 0) is 6.42 Å². The number of thiazole rings is 1. The summed E-state index contributed by atoms with van der Waals surface area (Å²) in [6, 6.07) is 16.5. The van der Waals surface area contributed by atoms with Crippen LogP contribution < -0.4 is 0 Å². The van der Waals surface area contributed by atoms with Crippen molar-refractivity contribution in [3.63, 3.8) is 0 Å². The summed E-state index contributed by atoms with van der Waals surface area (Å²) in [5.41, 5.74) is 4.71. The molecule has 0 saturated heterocycles. The normalized spacial score (nSPS) is 11.2. The van der Waals surface area contributed by atoms with Crippen molar-refractivity contribution in [2.75, 3.05) is 0 Å². The summed E-state index contributed by atoms with van der Waals surface area (Å²) in [5.74, 6) is 0. The Bertz CT molecular complexity index is 935. The van der Waals surface area contributed by atoms with Gasteiger partial charge in [-0.25, -0.2) is 4.98 Å². The van der Waals surface area contributed by atoms with Crippen molar-refractivity contribution in [1.29, 1.82) is 0 Å². The summed E-state index contributed by atoms with van der Waals surface area (Å²) >= 11 is 7.68. The van der Waals surface area contributed by atoms with Crippen LogP contribution in [0.1, 0.15) is 16.0 Å². The molecule has 0 aliphatic heterocycles. The molecule has 2 aromatic carbocycles. The van der Waals surface area contributed by atoms with Crippen molar-refractivity contribution in [3.8, 4) is 11.3 Å². The number of hydrogen-bond donors (Lipinski definition) is 0. The van der Waals surface area contributed by atoms with Crippen LogP contribution in [-0.4, -0.2) is 9.38 Å². The van der Waals surface area contributed by atoms with Gasteiger partial charge in [0.15, 0.2) is 4.96 Å². The number of benzene rings is 2. The first kappa shape index (κ1) is 14.5. The molecule has 0 atom stereocenters. The third-order valence-corrected chi connectivity index (χ3v) is 5.05. The molecule has 2 aromatic heterocycles. The Balaban J connectivity index is 1.62. The first-order valence-corrected chi connectivity index (χ1v) is 8.66. The van der Waals surface area contributed by atoms with E-state index >= 15 is 0 Å². The van der Waals surface area contributed by atoms with Crippen LogP contribution in [0.4, 0.5) is 0 Å². The Morgan fingerprint density at radius 1 is 1.09 bits per heavy atom. The maximum atomic E-state index is 5.94. The quantitative estimate of drug-likeness (QED) is 0.474. The van der Waals surface area contributed by atoms with Crippen molar-refractivity contribution >= 4 is 27.9 Å². The van der Waals surface area contributed by atoms with Crippen molar-refractivity contribution < 1.29 is 0 Å².